The number of nitrogens with zero attached hydrogens (tertiary/aromatic N) is 4. The van der Waals surface area contributed by atoms with Gasteiger partial charge in [0.05, 0.1) is 17.5 Å². The van der Waals surface area contributed by atoms with Gasteiger partial charge in [0.2, 0.25) is 0 Å². The lowest BCUT2D eigenvalue weighted by atomic mass is 9.86. The van der Waals surface area contributed by atoms with E-state index in [0.29, 0.717) is 12.2 Å². The van der Waals surface area contributed by atoms with E-state index < -0.39 is 9.84 Å². The average molecular weight is 361 g/mol. The molecule has 0 aromatic carbocycles. The average Bonchev–Trinajstić information content (AvgIpc) is 3.20. The molecule has 7 nitrogen and oxygen atoms in total. The second-order valence-electron chi connectivity index (χ2n) is 7.12. The van der Waals surface area contributed by atoms with Crippen LogP contribution in [0.5, 0.6) is 0 Å². The highest BCUT2D eigenvalue weighted by Gasteiger charge is 2.34. The normalized spacial score (nSPS) is 28.9. The Morgan fingerprint density at radius 1 is 1.12 bits per heavy atom. The summed E-state index contributed by atoms with van der Waals surface area (Å²) >= 11 is 0. The molecule has 0 spiro atoms. The Morgan fingerprint density at radius 2 is 1.92 bits per heavy atom. The number of sulfone groups is 1. The van der Waals surface area contributed by atoms with Gasteiger partial charge in [-0.25, -0.2) is 18.1 Å². The minimum atomic E-state index is -2.98. The Balaban J connectivity index is 1.71. The van der Waals surface area contributed by atoms with Crippen molar-refractivity contribution in [3.8, 4) is 11.5 Å². The minimum Gasteiger partial charge on any atom is -0.328 e. The highest BCUT2D eigenvalue weighted by molar-refractivity contribution is 7.91. The fourth-order valence-corrected chi connectivity index (χ4v) is 5.52. The maximum Gasteiger partial charge on any atom is 0.200 e. The van der Waals surface area contributed by atoms with Gasteiger partial charge in [-0.05, 0) is 44.2 Å². The van der Waals surface area contributed by atoms with Crippen LogP contribution in [0.3, 0.4) is 0 Å². The third-order valence-electron chi connectivity index (χ3n) is 5.24. The largest absolute Gasteiger partial charge is 0.328 e. The van der Waals surface area contributed by atoms with E-state index in [-0.39, 0.29) is 29.5 Å². The van der Waals surface area contributed by atoms with Crippen molar-refractivity contribution in [3.63, 3.8) is 0 Å². The molecule has 1 atom stereocenters. The molecule has 2 fully saturated rings. The molecule has 8 heteroatoms. The van der Waals surface area contributed by atoms with E-state index in [2.05, 4.69) is 10.1 Å². The van der Waals surface area contributed by atoms with Crippen LogP contribution in [-0.2, 0) is 9.84 Å². The lowest BCUT2D eigenvalue weighted by molar-refractivity contribution is 0.359. The second-order valence-corrected chi connectivity index (χ2v) is 9.35. The summed E-state index contributed by atoms with van der Waals surface area (Å²) in [6.45, 7) is 0. The molecule has 2 aromatic heterocycles. The molecular formula is C17H23N5O2S. The molecule has 1 saturated carbocycles. The van der Waals surface area contributed by atoms with E-state index in [1.54, 1.807) is 6.20 Å². The Labute approximate surface area is 147 Å². The number of pyridine rings is 1. The van der Waals surface area contributed by atoms with Gasteiger partial charge in [0.15, 0.2) is 15.7 Å². The number of aromatic nitrogens is 4. The molecule has 2 aromatic rings. The van der Waals surface area contributed by atoms with Gasteiger partial charge in [0.1, 0.15) is 11.5 Å². The van der Waals surface area contributed by atoms with Crippen molar-refractivity contribution in [2.45, 2.75) is 50.1 Å². The van der Waals surface area contributed by atoms with Crippen molar-refractivity contribution in [1.82, 2.24) is 19.7 Å². The van der Waals surface area contributed by atoms with Crippen LogP contribution in [0.25, 0.3) is 11.5 Å². The third kappa shape index (κ3) is 3.46. The van der Waals surface area contributed by atoms with Crippen LogP contribution in [0.1, 0.15) is 49.9 Å². The Hall–Kier alpha value is -1.80. The highest BCUT2D eigenvalue weighted by atomic mass is 32.2. The molecule has 3 heterocycles. The quantitative estimate of drug-likeness (QED) is 0.892. The molecule has 25 heavy (non-hydrogen) atoms. The number of hydrogen-bond donors (Lipinski definition) is 1. The van der Waals surface area contributed by atoms with E-state index in [1.165, 1.54) is 0 Å². The molecule has 0 radical (unpaired) electrons. The van der Waals surface area contributed by atoms with Crippen molar-refractivity contribution in [3.05, 3.63) is 30.2 Å². The van der Waals surface area contributed by atoms with Gasteiger partial charge in [0.25, 0.3) is 0 Å². The van der Waals surface area contributed by atoms with Gasteiger partial charge in [-0.3, -0.25) is 4.98 Å². The fourth-order valence-electron chi connectivity index (χ4n) is 3.83. The fraction of sp³-hybridized carbons (Fsp3) is 0.588. The zero-order chi connectivity index (χ0) is 17.4. The minimum absolute atomic E-state index is 0.124. The van der Waals surface area contributed by atoms with Gasteiger partial charge in [0, 0.05) is 18.2 Å². The van der Waals surface area contributed by atoms with E-state index in [0.717, 1.165) is 37.2 Å². The molecule has 2 aliphatic rings. The van der Waals surface area contributed by atoms with Gasteiger partial charge >= 0.3 is 0 Å². The molecule has 1 aliphatic heterocycles. The molecule has 1 saturated heterocycles. The summed E-state index contributed by atoms with van der Waals surface area (Å²) in [7, 11) is -2.98. The number of hydrogen-bond acceptors (Lipinski definition) is 6. The van der Waals surface area contributed by atoms with Crippen molar-refractivity contribution in [2.24, 2.45) is 5.73 Å². The molecule has 1 aliphatic carbocycles. The zero-order valence-corrected chi connectivity index (χ0v) is 14.9. The molecule has 1 unspecified atom stereocenters. The first-order chi connectivity index (χ1) is 12.0. The van der Waals surface area contributed by atoms with Crippen LogP contribution >= 0.6 is 0 Å². The lowest BCUT2D eigenvalue weighted by Gasteiger charge is -2.26. The summed E-state index contributed by atoms with van der Waals surface area (Å²) < 4.78 is 25.7. The smallest absolute Gasteiger partial charge is 0.200 e. The summed E-state index contributed by atoms with van der Waals surface area (Å²) in [4.78, 5) is 9.11. The molecule has 0 bridgehead atoms. The van der Waals surface area contributed by atoms with E-state index in [1.807, 2.05) is 22.9 Å². The van der Waals surface area contributed by atoms with Gasteiger partial charge in [-0.2, -0.15) is 0 Å². The Morgan fingerprint density at radius 3 is 2.56 bits per heavy atom. The van der Waals surface area contributed by atoms with Crippen molar-refractivity contribution >= 4 is 9.84 Å². The summed E-state index contributed by atoms with van der Waals surface area (Å²) in [5, 5.41) is 4.67. The van der Waals surface area contributed by atoms with Crippen molar-refractivity contribution in [2.75, 3.05) is 11.5 Å². The topological polar surface area (TPSA) is 104 Å². The molecule has 2 N–H and O–H groups in total. The van der Waals surface area contributed by atoms with Crippen LogP contribution in [0.15, 0.2) is 24.4 Å². The van der Waals surface area contributed by atoms with E-state index >= 15 is 0 Å². The van der Waals surface area contributed by atoms with Crippen LogP contribution in [-0.4, -0.2) is 45.7 Å². The van der Waals surface area contributed by atoms with Crippen molar-refractivity contribution < 1.29 is 8.42 Å². The summed E-state index contributed by atoms with van der Waals surface area (Å²) in [5.74, 6) is 2.14. The third-order valence-corrected chi connectivity index (χ3v) is 6.99. The molecular weight excluding hydrogens is 338 g/mol. The highest BCUT2D eigenvalue weighted by Crippen LogP contribution is 2.35. The van der Waals surface area contributed by atoms with Crippen LogP contribution < -0.4 is 5.73 Å². The lowest BCUT2D eigenvalue weighted by Crippen LogP contribution is -2.27. The SMILES string of the molecule is NC1CCC(c2nc(-c3ccccn3)nn2C2CCS(=O)(=O)C2)CC1. The molecule has 4 rings (SSSR count). The van der Waals surface area contributed by atoms with E-state index in [4.69, 9.17) is 10.7 Å². The number of rotatable bonds is 3. The molecule has 0 amide bonds. The predicted octanol–water partition coefficient (Wildman–Crippen LogP) is 1.68. The maximum absolute atomic E-state index is 11.9. The van der Waals surface area contributed by atoms with Crippen LogP contribution in [0, 0.1) is 0 Å². The monoisotopic (exact) mass is 361 g/mol. The first-order valence-electron chi connectivity index (χ1n) is 8.86. The Bertz CT molecular complexity index is 841. The van der Waals surface area contributed by atoms with Crippen LogP contribution in [0.4, 0.5) is 0 Å². The van der Waals surface area contributed by atoms with Gasteiger partial charge in [-0.15, -0.1) is 5.10 Å². The van der Waals surface area contributed by atoms with E-state index in [9.17, 15) is 8.42 Å². The summed E-state index contributed by atoms with van der Waals surface area (Å²) in [6, 6.07) is 5.77. The first kappa shape index (κ1) is 16.7. The second kappa shape index (κ2) is 6.49. The van der Waals surface area contributed by atoms with Crippen molar-refractivity contribution in [1.29, 1.82) is 0 Å². The van der Waals surface area contributed by atoms with Gasteiger partial charge < -0.3 is 5.73 Å². The zero-order valence-electron chi connectivity index (χ0n) is 14.1. The maximum atomic E-state index is 11.9. The predicted molar refractivity (Wildman–Crippen MR) is 94.7 cm³/mol. The summed E-state index contributed by atoms with van der Waals surface area (Å²) in [6.07, 6.45) is 6.21. The standard InChI is InChI=1S/C17H23N5O2S/c18-13-6-4-12(5-7-13)17-20-16(15-3-1-2-9-19-15)21-22(17)14-8-10-25(23,24)11-14/h1-3,9,12-14H,4-8,10-11,18H2. The molecule has 134 valence electrons. The number of nitrogens with two attached hydrogens (primary N) is 1. The van der Waals surface area contributed by atoms with Gasteiger partial charge in [-0.1, -0.05) is 6.07 Å². The first-order valence-corrected chi connectivity index (χ1v) is 10.7. The van der Waals surface area contributed by atoms with Crippen LogP contribution in [0.2, 0.25) is 0 Å². The summed E-state index contributed by atoms with van der Waals surface area (Å²) in [5.41, 5.74) is 6.75. The Kier molecular flexibility index (Phi) is 4.33.